The van der Waals surface area contributed by atoms with E-state index in [2.05, 4.69) is 62.9 Å². The molecule has 2 fully saturated rings. The first-order valence-electron chi connectivity index (χ1n) is 8.90. The van der Waals surface area contributed by atoms with Crippen LogP contribution in [0.3, 0.4) is 0 Å². The SMILES string of the molecule is CO[C@H]1C#C/C=C\C#C[C@@]2(O)C[C@@]13N[C@@H]3C(=O)[C@@H]2O[Si](C)(C)C(C)(C)C. The van der Waals surface area contributed by atoms with Crippen LogP contribution in [0.15, 0.2) is 12.2 Å². The van der Waals surface area contributed by atoms with Crippen LogP contribution in [-0.2, 0) is 14.0 Å². The van der Waals surface area contributed by atoms with Gasteiger partial charge in [-0.3, -0.25) is 10.1 Å². The van der Waals surface area contributed by atoms with E-state index in [-0.39, 0.29) is 17.2 Å². The first kappa shape index (κ1) is 19.4. The number of aliphatic hydroxyl groups is 1. The summed E-state index contributed by atoms with van der Waals surface area (Å²) < 4.78 is 11.9. The Balaban J connectivity index is 2.03. The van der Waals surface area contributed by atoms with E-state index in [9.17, 15) is 9.90 Å². The second-order valence-electron chi connectivity index (χ2n) is 8.89. The molecule has 140 valence electrons. The van der Waals surface area contributed by atoms with Gasteiger partial charge in [0.1, 0.15) is 12.2 Å². The molecule has 5 atom stereocenters. The Morgan fingerprint density at radius 3 is 2.58 bits per heavy atom. The highest BCUT2D eigenvalue weighted by atomic mass is 28.4. The first-order valence-corrected chi connectivity index (χ1v) is 11.8. The highest BCUT2D eigenvalue weighted by Gasteiger charge is 2.72. The second-order valence-corrected chi connectivity index (χ2v) is 13.6. The summed E-state index contributed by atoms with van der Waals surface area (Å²) in [5.74, 6) is 11.5. The molecule has 6 heteroatoms. The van der Waals surface area contributed by atoms with E-state index in [0.29, 0.717) is 0 Å². The maximum atomic E-state index is 13.2. The van der Waals surface area contributed by atoms with Gasteiger partial charge in [0, 0.05) is 13.5 Å². The Morgan fingerprint density at radius 2 is 1.96 bits per heavy atom. The number of hydrogen-bond acceptors (Lipinski definition) is 5. The third-order valence-electron chi connectivity index (χ3n) is 6.06. The standard InChI is InChI=1S/C20H27NO4Si/c1-18(2,3)26(5,6)25-17-15(22)16-20(21-16)13-19(17,23)12-10-8-7-9-11-14(20)24-4/h7-8,14,16-17,21,23H,13H2,1-6H3/b8-7-/t14-,16+,17-,19+,20+/m0/s1. The summed E-state index contributed by atoms with van der Waals surface area (Å²) in [6.45, 7) is 10.5. The molecule has 1 spiro atoms. The van der Waals surface area contributed by atoms with Crippen LogP contribution in [0, 0.1) is 23.7 Å². The molecule has 1 heterocycles. The number of fused-ring (bicyclic) bond motifs is 1. The van der Waals surface area contributed by atoms with Gasteiger partial charge in [-0.15, -0.1) is 0 Å². The summed E-state index contributed by atoms with van der Waals surface area (Å²) >= 11 is 0. The minimum atomic E-state index is -2.28. The van der Waals surface area contributed by atoms with Gasteiger partial charge in [-0.1, -0.05) is 44.5 Å². The molecular formula is C20H27NO4Si. The van der Waals surface area contributed by atoms with Crippen molar-refractivity contribution >= 4 is 14.1 Å². The predicted molar refractivity (Wildman–Crippen MR) is 102 cm³/mol. The van der Waals surface area contributed by atoms with Gasteiger partial charge in [0.05, 0.1) is 11.6 Å². The number of carbonyl (C=O) groups excluding carboxylic acids is 1. The van der Waals surface area contributed by atoms with Gasteiger partial charge in [-0.25, -0.2) is 0 Å². The van der Waals surface area contributed by atoms with Crippen molar-refractivity contribution in [2.45, 2.75) is 74.7 Å². The molecule has 2 aliphatic carbocycles. The summed E-state index contributed by atoms with van der Waals surface area (Å²) in [5, 5.41) is 14.6. The molecule has 1 saturated heterocycles. The smallest absolute Gasteiger partial charge is 0.193 e. The molecule has 1 saturated carbocycles. The fourth-order valence-electron chi connectivity index (χ4n) is 3.46. The van der Waals surface area contributed by atoms with E-state index in [4.69, 9.17) is 9.16 Å². The quantitative estimate of drug-likeness (QED) is 0.444. The Bertz CT molecular complexity index is 776. The zero-order valence-corrected chi connectivity index (χ0v) is 17.3. The topological polar surface area (TPSA) is 77.7 Å². The zero-order chi connectivity index (χ0) is 19.4. The van der Waals surface area contributed by atoms with Crippen LogP contribution >= 0.6 is 0 Å². The molecule has 0 unspecified atom stereocenters. The number of allylic oxidation sites excluding steroid dienone is 2. The van der Waals surface area contributed by atoms with E-state index < -0.39 is 37.7 Å². The van der Waals surface area contributed by atoms with E-state index in [0.717, 1.165) is 0 Å². The number of ether oxygens (including phenoxy) is 1. The number of ketones is 1. The summed E-state index contributed by atoms with van der Waals surface area (Å²) in [7, 11) is -0.717. The molecule has 26 heavy (non-hydrogen) atoms. The average molecular weight is 374 g/mol. The average Bonchev–Trinajstić information content (AvgIpc) is 3.24. The van der Waals surface area contributed by atoms with Gasteiger partial charge in [0.15, 0.2) is 19.7 Å². The lowest BCUT2D eigenvalue weighted by Crippen LogP contribution is -2.62. The summed E-state index contributed by atoms with van der Waals surface area (Å²) in [5.41, 5.74) is -2.28. The van der Waals surface area contributed by atoms with Crippen LogP contribution in [0.1, 0.15) is 27.2 Å². The maximum absolute atomic E-state index is 13.2. The van der Waals surface area contributed by atoms with E-state index in [1.54, 1.807) is 19.3 Å². The fraction of sp³-hybridized carbons (Fsp3) is 0.650. The third kappa shape index (κ3) is 2.96. The van der Waals surface area contributed by atoms with E-state index in [1.165, 1.54) is 0 Å². The predicted octanol–water partition coefficient (Wildman–Crippen LogP) is 1.38. The number of nitrogens with one attached hydrogen (secondary N) is 1. The highest BCUT2D eigenvalue weighted by molar-refractivity contribution is 6.74. The molecule has 3 aliphatic rings. The minimum Gasteiger partial charge on any atom is -0.403 e. The zero-order valence-electron chi connectivity index (χ0n) is 16.3. The van der Waals surface area contributed by atoms with Crippen molar-refractivity contribution < 1.29 is 19.1 Å². The number of carbonyl (C=O) groups is 1. The van der Waals surface area contributed by atoms with Crippen LogP contribution < -0.4 is 5.32 Å². The maximum Gasteiger partial charge on any atom is 0.193 e. The Morgan fingerprint density at radius 1 is 1.31 bits per heavy atom. The summed E-state index contributed by atoms with van der Waals surface area (Å²) in [4.78, 5) is 13.2. The largest absolute Gasteiger partial charge is 0.403 e. The van der Waals surface area contributed by atoms with E-state index >= 15 is 0 Å². The van der Waals surface area contributed by atoms with Crippen LogP contribution in [0.4, 0.5) is 0 Å². The van der Waals surface area contributed by atoms with Gasteiger partial charge in [-0.2, -0.15) is 0 Å². The monoisotopic (exact) mass is 373 g/mol. The van der Waals surface area contributed by atoms with Crippen molar-refractivity contribution in [1.82, 2.24) is 5.32 Å². The molecule has 0 aromatic heterocycles. The van der Waals surface area contributed by atoms with Gasteiger partial charge >= 0.3 is 0 Å². The van der Waals surface area contributed by atoms with Crippen LogP contribution in [0.5, 0.6) is 0 Å². The lowest BCUT2D eigenvalue weighted by atomic mass is 9.73. The lowest BCUT2D eigenvalue weighted by molar-refractivity contribution is -0.141. The molecule has 3 rings (SSSR count). The van der Waals surface area contributed by atoms with Crippen molar-refractivity contribution in [2.24, 2.45) is 0 Å². The van der Waals surface area contributed by atoms with Crippen molar-refractivity contribution in [2.75, 3.05) is 7.11 Å². The van der Waals surface area contributed by atoms with Crippen LogP contribution in [0.2, 0.25) is 18.1 Å². The van der Waals surface area contributed by atoms with Gasteiger partial charge in [0.2, 0.25) is 0 Å². The lowest BCUT2D eigenvalue weighted by Gasteiger charge is -2.45. The third-order valence-corrected chi connectivity index (χ3v) is 10.5. The molecule has 0 amide bonds. The summed E-state index contributed by atoms with van der Waals surface area (Å²) in [6.07, 6.45) is 1.98. The van der Waals surface area contributed by atoms with Crippen molar-refractivity contribution in [3.05, 3.63) is 12.2 Å². The van der Waals surface area contributed by atoms with Gasteiger partial charge in [-0.05, 0) is 30.3 Å². The van der Waals surface area contributed by atoms with Crippen LogP contribution in [0.25, 0.3) is 0 Å². The van der Waals surface area contributed by atoms with Crippen molar-refractivity contribution in [3.63, 3.8) is 0 Å². The molecular weight excluding hydrogens is 346 g/mol. The molecule has 2 N–H and O–H groups in total. The van der Waals surface area contributed by atoms with E-state index in [1.807, 2.05) is 0 Å². The minimum absolute atomic E-state index is 0.0843. The van der Waals surface area contributed by atoms with Crippen molar-refractivity contribution in [3.8, 4) is 23.7 Å². The first-order chi connectivity index (χ1) is 12.0. The molecule has 0 radical (unpaired) electrons. The molecule has 2 bridgehead atoms. The Kier molecular flexibility index (Phi) is 4.51. The van der Waals surface area contributed by atoms with Gasteiger partial charge < -0.3 is 14.3 Å². The Hall–Kier alpha value is -1.41. The number of Topliss-reactive ketones (excluding diaryl/α,β-unsaturated/α-hetero) is 1. The Labute approximate surface area is 156 Å². The molecule has 1 aliphatic heterocycles. The van der Waals surface area contributed by atoms with Crippen molar-refractivity contribution in [1.29, 1.82) is 0 Å². The van der Waals surface area contributed by atoms with Crippen LogP contribution in [-0.4, -0.2) is 55.7 Å². The number of hydrogen-bond donors (Lipinski definition) is 2. The van der Waals surface area contributed by atoms with Gasteiger partial charge in [0.25, 0.3) is 0 Å². The normalized spacial score (nSPS) is 39.7. The fourth-order valence-corrected chi connectivity index (χ4v) is 4.71. The number of rotatable bonds is 3. The summed E-state index contributed by atoms with van der Waals surface area (Å²) in [6, 6.07) is -0.429. The molecule has 5 nitrogen and oxygen atoms in total. The highest BCUT2D eigenvalue weighted by Crippen LogP contribution is 2.49. The second kappa shape index (κ2) is 6.05. The number of methoxy groups -OCH3 is 1. The molecule has 0 aromatic carbocycles. The molecule has 0 aromatic rings.